The van der Waals surface area contributed by atoms with Crippen molar-refractivity contribution >= 4 is 35.8 Å². The Bertz CT molecular complexity index is 388. The molecule has 0 aromatic carbocycles. The third kappa shape index (κ3) is 7.55. The van der Waals surface area contributed by atoms with E-state index < -0.39 is 0 Å². The predicted molar refractivity (Wildman–Crippen MR) is 110 cm³/mol. The minimum Gasteiger partial charge on any atom is -0.370 e. The van der Waals surface area contributed by atoms with Crippen LogP contribution in [0.5, 0.6) is 0 Å². The summed E-state index contributed by atoms with van der Waals surface area (Å²) >= 11 is 0. The summed E-state index contributed by atoms with van der Waals surface area (Å²) in [6.07, 6.45) is 9.13. The lowest BCUT2D eigenvalue weighted by molar-refractivity contribution is -0.123. The van der Waals surface area contributed by atoms with Gasteiger partial charge in [0.1, 0.15) is 0 Å². The van der Waals surface area contributed by atoms with E-state index in [-0.39, 0.29) is 35.8 Å². The van der Waals surface area contributed by atoms with Crippen molar-refractivity contribution in [2.75, 3.05) is 39.3 Å². The van der Waals surface area contributed by atoms with Crippen LogP contribution in [-0.2, 0) is 4.79 Å². The summed E-state index contributed by atoms with van der Waals surface area (Å²) in [5.74, 6) is 0.682. The van der Waals surface area contributed by atoms with Gasteiger partial charge < -0.3 is 21.3 Å². The predicted octanol–water partition coefficient (Wildman–Crippen LogP) is 1.77. The van der Waals surface area contributed by atoms with Gasteiger partial charge in [-0.2, -0.15) is 0 Å². The second kappa shape index (κ2) is 11.9. The molecule has 7 heteroatoms. The number of rotatable bonds is 6. The SMILES string of the molecule is I.NC(=O)C1CCN(CCCCN=C(N)N2CCCCCC2)CC1. The molecular formula is C17H34IN5O. The number of guanidine groups is 1. The maximum absolute atomic E-state index is 11.1. The Balaban J connectivity index is 0.00000288. The second-order valence-electron chi connectivity index (χ2n) is 6.87. The highest BCUT2D eigenvalue weighted by Gasteiger charge is 2.22. The molecule has 0 spiro atoms. The van der Waals surface area contributed by atoms with Crippen molar-refractivity contribution in [2.24, 2.45) is 22.4 Å². The van der Waals surface area contributed by atoms with Gasteiger partial charge in [-0.05, 0) is 58.2 Å². The van der Waals surface area contributed by atoms with Gasteiger partial charge >= 0.3 is 0 Å². The molecule has 0 saturated carbocycles. The summed E-state index contributed by atoms with van der Waals surface area (Å²) in [6, 6.07) is 0. The fourth-order valence-corrected chi connectivity index (χ4v) is 3.48. The highest BCUT2D eigenvalue weighted by Crippen LogP contribution is 2.16. The van der Waals surface area contributed by atoms with E-state index in [1.807, 2.05) is 0 Å². The van der Waals surface area contributed by atoms with Crippen LogP contribution in [0.25, 0.3) is 0 Å². The van der Waals surface area contributed by atoms with Crippen LogP contribution in [0.15, 0.2) is 4.99 Å². The molecule has 2 aliphatic rings. The molecule has 2 saturated heterocycles. The van der Waals surface area contributed by atoms with Crippen LogP contribution in [0.1, 0.15) is 51.4 Å². The average Bonchev–Trinajstić information content (AvgIpc) is 2.84. The Hall–Kier alpha value is -0.570. The number of likely N-dealkylation sites (tertiary alicyclic amines) is 2. The van der Waals surface area contributed by atoms with Gasteiger partial charge in [0.25, 0.3) is 0 Å². The zero-order valence-electron chi connectivity index (χ0n) is 14.8. The molecular weight excluding hydrogens is 417 g/mol. The number of amides is 1. The van der Waals surface area contributed by atoms with Crippen molar-refractivity contribution in [1.82, 2.24) is 9.80 Å². The lowest BCUT2D eigenvalue weighted by Crippen LogP contribution is -2.39. The van der Waals surface area contributed by atoms with Crippen LogP contribution in [-0.4, -0.2) is 60.9 Å². The van der Waals surface area contributed by atoms with Crippen molar-refractivity contribution in [1.29, 1.82) is 0 Å². The second-order valence-corrected chi connectivity index (χ2v) is 6.87. The molecule has 2 rings (SSSR count). The summed E-state index contributed by atoms with van der Waals surface area (Å²) in [5.41, 5.74) is 11.5. The summed E-state index contributed by atoms with van der Waals surface area (Å²) in [5, 5.41) is 0. The molecule has 0 aromatic heterocycles. The molecule has 2 fully saturated rings. The molecule has 0 bridgehead atoms. The Kier molecular flexibility index (Phi) is 10.6. The van der Waals surface area contributed by atoms with Gasteiger partial charge in [0.05, 0.1) is 0 Å². The van der Waals surface area contributed by atoms with Gasteiger partial charge in [0, 0.05) is 25.6 Å². The molecule has 24 heavy (non-hydrogen) atoms. The molecule has 0 atom stereocenters. The van der Waals surface area contributed by atoms with Gasteiger partial charge in [0.2, 0.25) is 5.91 Å². The Labute approximate surface area is 163 Å². The molecule has 6 nitrogen and oxygen atoms in total. The lowest BCUT2D eigenvalue weighted by Gasteiger charge is -2.30. The highest BCUT2D eigenvalue weighted by molar-refractivity contribution is 14.0. The first-order valence-electron chi connectivity index (χ1n) is 9.23. The standard InChI is InChI=1S/C17H33N5O.HI/c18-16(23)15-7-13-21(14-8-15)10-6-3-9-20-17(19)22-11-4-1-2-5-12-22;/h15H,1-14H2,(H2,18,23)(H2,19,20);1H. The Morgan fingerprint density at radius 2 is 1.58 bits per heavy atom. The molecule has 1 amide bonds. The smallest absolute Gasteiger partial charge is 0.220 e. The fraction of sp³-hybridized carbons (Fsp3) is 0.882. The van der Waals surface area contributed by atoms with Crippen molar-refractivity contribution in [3.05, 3.63) is 0 Å². The van der Waals surface area contributed by atoms with Crippen LogP contribution in [0, 0.1) is 5.92 Å². The summed E-state index contributed by atoms with van der Waals surface area (Å²) in [7, 11) is 0. The van der Waals surface area contributed by atoms with Gasteiger partial charge in [-0.15, -0.1) is 24.0 Å². The normalized spacial score (nSPS) is 21.2. The maximum Gasteiger partial charge on any atom is 0.220 e. The number of hydrogen-bond donors (Lipinski definition) is 2. The third-order valence-corrected chi connectivity index (χ3v) is 5.08. The minimum absolute atomic E-state index is 0. The topological polar surface area (TPSA) is 88.0 Å². The molecule has 140 valence electrons. The van der Waals surface area contributed by atoms with E-state index in [4.69, 9.17) is 11.5 Å². The van der Waals surface area contributed by atoms with Crippen molar-refractivity contribution < 1.29 is 4.79 Å². The van der Waals surface area contributed by atoms with Crippen molar-refractivity contribution in [2.45, 2.75) is 51.4 Å². The highest BCUT2D eigenvalue weighted by atomic mass is 127. The van der Waals surface area contributed by atoms with Crippen LogP contribution in [0.4, 0.5) is 0 Å². The monoisotopic (exact) mass is 451 g/mol. The number of unbranched alkanes of at least 4 members (excludes halogenated alkanes) is 1. The summed E-state index contributed by atoms with van der Waals surface area (Å²) < 4.78 is 0. The van der Waals surface area contributed by atoms with Gasteiger partial charge in [-0.25, -0.2) is 0 Å². The Morgan fingerprint density at radius 1 is 0.958 bits per heavy atom. The molecule has 0 aliphatic carbocycles. The number of nitrogens with zero attached hydrogens (tertiary/aromatic N) is 3. The van der Waals surface area contributed by atoms with Crippen LogP contribution >= 0.6 is 24.0 Å². The lowest BCUT2D eigenvalue weighted by atomic mass is 9.96. The van der Waals surface area contributed by atoms with E-state index in [1.54, 1.807) is 0 Å². The van der Waals surface area contributed by atoms with E-state index >= 15 is 0 Å². The van der Waals surface area contributed by atoms with E-state index in [2.05, 4.69) is 14.8 Å². The van der Waals surface area contributed by atoms with Crippen LogP contribution in [0.2, 0.25) is 0 Å². The summed E-state index contributed by atoms with van der Waals surface area (Å²) in [6.45, 7) is 6.01. The van der Waals surface area contributed by atoms with E-state index in [0.717, 1.165) is 70.9 Å². The molecule has 2 heterocycles. The van der Waals surface area contributed by atoms with Crippen LogP contribution < -0.4 is 11.5 Å². The zero-order chi connectivity index (χ0) is 16.5. The maximum atomic E-state index is 11.1. The van der Waals surface area contributed by atoms with Crippen molar-refractivity contribution in [3.63, 3.8) is 0 Å². The number of halogens is 1. The number of piperidine rings is 1. The largest absolute Gasteiger partial charge is 0.370 e. The van der Waals surface area contributed by atoms with E-state index in [1.165, 1.54) is 25.7 Å². The first kappa shape index (κ1) is 21.5. The number of carbonyl (C=O) groups is 1. The quantitative estimate of drug-likeness (QED) is 0.279. The molecule has 0 aromatic rings. The number of aliphatic imine (C=N–C) groups is 1. The van der Waals surface area contributed by atoms with Crippen molar-refractivity contribution in [3.8, 4) is 0 Å². The third-order valence-electron chi connectivity index (χ3n) is 5.08. The first-order valence-corrected chi connectivity index (χ1v) is 9.23. The molecule has 0 unspecified atom stereocenters. The van der Waals surface area contributed by atoms with Gasteiger partial charge in [-0.1, -0.05) is 12.8 Å². The number of nitrogens with two attached hydrogens (primary N) is 2. The van der Waals surface area contributed by atoms with Gasteiger partial charge in [-0.3, -0.25) is 9.79 Å². The number of carbonyl (C=O) groups excluding carboxylic acids is 1. The van der Waals surface area contributed by atoms with E-state index in [9.17, 15) is 4.79 Å². The average molecular weight is 451 g/mol. The molecule has 0 radical (unpaired) electrons. The zero-order valence-corrected chi connectivity index (χ0v) is 17.1. The molecule has 4 N–H and O–H groups in total. The minimum atomic E-state index is -0.136. The fourth-order valence-electron chi connectivity index (χ4n) is 3.48. The number of primary amides is 1. The number of hydrogen-bond acceptors (Lipinski definition) is 3. The molecule has 2 aliphatic heterocycles. The first-order chi connectivity index (χ1) is 11.2. The Morgan fingerprint density at radius 3 is 2.17 bits per heavy atom. The van der Waals surface area contributed by atoms with Gasteiger partial charge in [0.15, 0.2) is 5.96 Å². The summed E-state index contributed by atoms with van der Waals surface area (Å²) in [4.78, 5) is 20.4. The van der Waals surface area contributed by atoms with Crippen LogP contribution in [0.3, 0.4) is 0 Å². The van der Waals surface area contributed by atoms with E-state index in [0.29, 0.717) is 0 Å².